The van der Waals surface area contributed by atoms with Crippen molar-refractivity contribution >= 4 is 15.7 Å². The van der Waals surface area contributed by atoms with Crippen LogP contribution in [0.5, 0.6) is 5.75 Å². The molecule has 0 bridgehead atoms. The van der Waals surface area contributed by atoms with E-state index in [0.29, 0.717) is 16.9 Å². The summed E-state index contributed by atoms with van der Waals surface area (Å²) in [6.45, 7) is 3.46. The van der Waals surface area contributed by atoms with E-state index in [1.165, 1.54) is 31.4 Å². The van der Waals surface area contributed by atoms with Crippen LogP contribution >= 0.6 is 0 Å². The van der Waals surface area contributed by atoms with E-state index in [-0.39, 0.29) is 10.6 Å². The number of hydrogen-bond donors (Lipinski definition) is 1. The van der Waals surface area contributed by atoms with E-state index in [1.54, 1.807) is 19.9 Å². The Balaban J connectivity index is 2.38. The fourth-order valence-electron chi connectivity index (χ4n) is 1.93. The summed E-state index contributed by atoms with van der Waals surface area (Å²) >= 11 is 0. The van der Waals surface area contributed by atoms with Crippen LogP contribution in [0.2, 0.25) is 0 Å². The van der Waals surface area contributed by atoms with Gasteiger partial charge in [0.05, 0.1) is 17.7 Å². The lowest BCUT2D eigenvalue weighted by atomic mass is 10.2. The van der Waals surface area contributed by atoms with Gasteiger partial charge in [-0.15, -0.1) is 0 Å². The van der Waals surface area contributed by atoms with Gasteiger partial charge in [0.1, 0.15) is 11.6 Å². The Bertz CT molecular complexity index is 772. The highest BCUT2D eigenvalue weighted by atomic mass is 32.2. The topological polar surface area (TPSA) is 55.4 Å². The Labute approximate surface area is 123 Å². The van der Waals surface area contributed by atoms with Crippen molar-refractivity contribution in [2.24, 2.45) is 0 Å². The van der Waals surface area contributed by atoms with E-state index in [1.807, 2.05) is 0 Å². The van der Waals surface area contributed by atoms with Crippen molar-refractivity contribution in [3.8, 4) is 5.75 Å². The number of hydrogen-bond acceptors (Lipinski definition) is 3. The molecule has 2 rings (SSSR count). The molecular formula is C15H16FNO3S. The molecule has 1 N–H and O–H groups in total. The maximum Gasteiger partial charge on any atom is 0.261 e. The second kappa shape index (κ2) is 5.73. The molecule has 0 saturated carbocycles. The molecule has 21 heavy (non-hydrogen) atoms. The summed E-state index contributed by atoms with van der Waals surface area (Å²) < 4.78 is 45.4. The highest BCUT2D eigenvalue weighted by molar-refractivity contribution is 7.92. The first-order valence-corrected chi connectivity index (χ1v) is 7.75. The molecule has 0 saturated heterocycles. The number of methoxy groups -OCH3 is 1. The van der Waals surface area contributed by atoms with Crippen molar-refractivity contribution in [3.63, 3.8) is 0 Å². The number of nitrogens with one attached hydrogen (secondary N) is 1. The molecule has 0 radical (unpaired) electrons. The number of aryl methyl sites for hydroxylation is 2. The van der Waals surface area contributed by atoms with Crippen LogP contribution in [0.1, 0.15) is 11.1 Å². The highest BCUT2D eigenvalue weighted by Gasteiger charge is 2.17. The molecule has 0 aromatic heterocycles. The minimum Gasteiger partial charge on any atom is -0.496 e. The van der Waals surface area contributed by atoms with Crippen LogP contribution in [0.25, 0.3) is 0 Å². The molecule has 2 aromatic carbocycles. The lowest BCUT2D eigenvalue weighted by molar-refractivity contribution is 0.411. The maximum absolute atomic E-state index is 13.2. The first-order valence-electron chi connectivity index (χ1n) is 6.27. The van der Waals surface area contributed by atoms with Crippen LogP contribution in [0.3, 0.4) is 0 Å². The predicted octanol–water partition coefficient (Wildman–Crippen LogP) is 3.25. The van der Waals surface area contributed by atoms with E-state index >= 15 is 0 Å². The Kier molecular flexibility index (Phi) is 4.18. The molecule has 4 nitrogen and oxygen atoms in total. The monoisotopic (exact) mass is 309 g/mol. The fraction of sp³-hybridized carbons (Fsp3) is 0.200. The number of ether oxygens (including phenoxy) is 1. The summed E-state index contributed by atoms with van der Waals surface area (Å²) in [7, 11) is -2.25. The number of sulfonamides is 1. The van der Waals surface area contributed by atoms with Gasteiger partial charge in [0.15, 0.2) is 0 Å². The van der Waals surface area contributed by atoms with Gasteiger partial charge in [-0.3, -0.25) is 4.72 Å². The molecule has 0 aliphatic carbocycles. The summed E-state index contributed by atoms with van der Waals surface area (Å²) in [5.74, 6) is 0.111. The number of benzene rings is 2. The summed E-state index contributed by atoms with van der Waals surface area (Å²) in [6, 6.07) is 8.50. The smallest absolute Gasteiger partial charge is 0.261 e. The van der Waals surface area contributed by atoms with E-state index in [2.05, 4.69) is 4.72 Å². The highest BCUT2D eigenvalue weighted by Crippen LogP contribution is 2.24. The lowest BCUT2D eigenvalue weighted by Crippen LogP contribution is -2.14. The van der Waals surface area contributed by atoms with Gasteiger partial charge in [-0.25, -0.2) is 12.8 Å². The van der Waals surface area contributed by atoms with Crippen LogP contribution in [-0.2, 0) is 10.0 Å². The van der Waals surface area contributed by atoms with Gasteiger partial charge in [0.25, 0.3) is 10.0 Å². The summed E-state index contributed by atoms with van der Waals surface area (Å²) in [5.41, 5.74) is 1.57. The molecule has 0 amide bonds. The molecule has 0 fully saturated rings. The van der Waals surface area contributed by atoms with E-state index in [9.17, 15) is 12.8 Å². The Morgan fingerprint density at radius 1 is 1.05 bits per heavy atom. The second-order valence-corrected chi connectivity index (χ2v) is 6.38. The zero-order valence-corrected chi connectivity index (χ0v) is 12.8. The van der Waals surface area contributed by atoms with Crippen LogP contribution in [-0.4, -0.2) is 15.5 Å². The Morgan fingerprint density at radius 2 is 1.76 bits per heavy atom. The second-order valence-electron chi connectivity index (χ2n) is 4.70. The van der Waals surface area contributed by atoms with E-state index < -0.39 is 15.8 Å². The molecule has 0 heterocycles. The molecule has 0 aliphatic heterocycles. The molecule has 2 aromatic rings. The maximum atomic E-state index is 13.2. The third kappa shape index (κ3) is 3.33. The minimum absolute atomic E-state index is 0.101. The molecular weight excluding hydrogens is 293 g/mol. The van der Waals surface area contributed by atoms with Gasteiger partial charge in [-0.2, -0.15) is 0 Å². The zero-order valence-electron chi connectivity index (χ0n) is 12.0. The van der Waals surface area contributed by atoms with Gasteiger partial charge in [0.2, 0.25) is 0 Å². The third-order valence-corrected chi connectivity index (χ3v) is 4.48. The fourth-order valence-corrected chi connectivity index (χ4v) is 3.13. The van der Waals surface area contributed by atoms with Crippen molar-refractivity contribution < 1.29 is 17.5 Å². The molecule has 0 aliphatic rings. The van der Waals surface area contributed by atoms with Gasteiger partial charge >= 0.3 is 0 Å². The van der Waals surface area contributed by atoms with Crippen molar-refractivity contribution in [2.45, 2.75) is 18.7 Å². The first-order chi connectivity index (χ1) is 9.83. The van der Waals surface area contributed by atoms with Gasteiger partial charge in [0, 0.05) is 0 Å². The standard InChI is InChI=1S/C15H16FNO3S/c1-10-4-5-12(16)9-14(10)17-21(18,19)13-6-7-15(20-3)11(2)8-13/h4-9,17H,1-3H3. The van der Waals surface area contributed by atoms with Crippen molar-refractivity contribution in [3.05, 3.63) is 53.3 Å². The molecule has 112 valence electrons. The minimum atomic E-state index is -3.77. The SMILES string of the molecule is COc1ccc(S(=O)(=O)Nc2cc(F)ccc2C)cc1C. The molecule has 0 spiro atoms. The zero-order chi connectivity index (χ0) is 15.6. The molecule has 0 unspecified atom stereocenters. The van der Waals surface area contributed by atoms with Crippen LogP contribution in [0, 0.1) is 19.7 Å². The normalized spacial score (nSPS) is 11.2. The number of rotatable bonds is 4. The number of anilines is 1. The van der Waals surface area contributed by atoms with Crippen molar-refractivity contribution in [2.75, 3.05) is 11.8 Å². The van der Waals surface area contributed by atoms with Crippen molar-refractivity contribution in [1.82, 2.24) is 0 Å². The lowest BCUT2D eigenvalue weighted by Gasteiger charge is -2.12. The van der Waals surface area contributed by atoms with Crippen LogP contribution in [0.15, 0.2) is 41.3 Å². The predicted molar refractivity (Wildman–Crippen MR) is 79.7 cm³/mol. The quantitative estimate of drug-likeness (QED) is 0.943. The van der Waals surface area contributed by atoms with Crippen molar-refractivity contribution in [1.29, 1.82) is 0 Å². The van der Waals surface area contributed by atoms with E-state index in [4.69, 9.17) is 4.74 Å². The number of halogens is 1. The summed E-state index contributed by atoms with van der Waals surface area (Å²) in [4.78, 5) is 0.101. The van der Waals surface area contributed by atoms with Gasteiger partial charge in [-0.1, -0.05) is 6.07 Å². The van der Waals surface area contributed by atoms with Gasteiger partial charge < -0.3 is 4.74 Å². The van der Waals surface area contributed by atoms with Gasteiger partial charge in [-0.05, 0) is 55.3 Å². The average molecular weight is 309 g/mol. The largest absolute Gasteiger partial charge is 0.496 e. The average Bonchev–Trinajstić information content (AvgIpc) is 2.42. The molecule has 6 heteroatoms. The van der Waals surface area contributed by atoms with Crippen LogP contribution in [0.4, 0.5) is 10.1 Å². The Hall–Kier alpha value is -2.08. The first kappa shape index (κ1) is 15.3. The molecule has 0 atom stereocenters. The summed E-state index contributed by atoms with van der Waals surface area (Å²) in [6.07, 6.45) is 0. The van der Waals surface area contributed by atoms with E-state index in [0.717, 1.165) is 6.07 Å². The Morgan fingerprint density at radius 3 is 2.38 bits per heavy atom. The summed E-state index contributed by atoms with van der Waals surface area (Å²) in [5, 5.41) is 0. The van der Waals surface area contributed by atoms with Crippen LogP contribution < -0.4 is 9.46 Å². The third-order valence-electron chi connectivity index (χ3n) is 3.12.